The molecule has 1 aliphatic carbocycles. The molecule has 0 unspecified atom stereocenters. The molecule has 9 heteroatoms. The van der Waals surface area contributed by atoms with Gasteiger partial charge in [-0.05, 0) is 31.0 Å². The zero-order valence-corrected chi connectivity index (χ0v) is 14.0. The molecular formula is C17H18F3N5O. The number of H-pyrrole nitrogens is 1. The number of alkyl halides is 3. The van der Waals surface area contributed by atoms with Crippen molar-refractivity contribution < 1.29 is 18.0 Å². The summed E-state index contributed by atoms with van der Waals surface area (Å²) in [6.45, 7) is 1.99. The van der Waals surface area contributed by atoms with Gasteiger partial charge in [0.15, 0.2) is 0 Å². The Balaban J connectivity index is 1.36. The molecule has 1 aliphatic heterocycles. The van der Waals surface area contributed by atoms with Gasteiger partial charge in [-0.3, -0.25) is 9.89 Å². The summed E-state index contributed by atoms with van der Waals surface area (Å²) in [6.07, 6.45) is -1.28. The highest BCUT2D eigenvalue weighted by molar-refractivity contribution is 5.92. The van der Waals surface area contributed by atoms with Gasteiger partial charge in [-0.2, -0.15) is 18.3 Å². The zero-order chi connectivity index (χ0) is 18.3. The molecule has 2 fully saturated rings. The highest BCUT2D eigenvalue weighted by Crippen LogP contribution is 2.39. The van der Waals surface area contributed by atoms with Crippen LogP contribution in [0, 0.1) is 0 Å². The molecule has 138 valence electrons. The van der Waals surface area contributed by atoms with E-state index >= 15 is 0 Å². The summed E-state index contributed by atoms with van der Waals surface area (Å²) >= 11 is 0. The molecule has 2 aliphatic rings. The van der Waals surface area contributed by atoms with E-state index in [4.69, 9.17) is 0 Å². The Morgan fingerprint density at radius 3 is 2.46 bits per heavy atom. The number of pyridine rings is 1. The maximum absolute atomic E-state index is 12.6. The highest BCUT2D eigenvalue weighted by atomic mass is 19.4. The van der Waals surface area contributed by atoms with Gasteiger partial charge < -0.3 is 9.80 Å². The summed E-state index contributed by atoms with van der Waals surface area (Å²) in [6, 6.07) is 4.22. The number of carbonyl (C=O) groups is 1. The monoisotopic (exact) mass is 365 g/mol. The second-order valence-corrected chi connectivity index (χ2v) is 6.66. The van der Waals surface area contributed by atoms with Crippen molar-refractivity contribution in [2.75, 3.05) is 31.1 Å². The molecule has 4 rings (SSSR count). The van der Waals surface area contributed by atoms with Crippen molar-refractivity contribution >= 4 is 11.7 Å². The second kappa shape index (κ2) is 6.30. The van der Waals surface area contributed by atoms with Crippen LogP contribution in [0.2, 0.25) is 0 Å². The highest BCUT2D eigenvalue weighted by Gasteiger charge is 2.32. The fourth-order valence-electron chi connectivity index (χ4n) is 3.09. The molecule has 1 N–H and O–H groups in total. The zero-order valence-electron chi connectivity index (χ0n) is 14.0. The van der Waals surface area contributed by atoms with Gasteiger partial charge in [0.25, 0.3) is 5.91 Å². The summed E-state index contributed by atoms with van der Waals surface area (Å²) < 4.78 is 37.8. The minimum absolute atomic E-state index is 0.117. The molecule has 1 saturated carbocycles. The van der Waals surface area contributed by atoms with Gasteiger partial charge in [0.05, 0.1) is 5.56 Å². The first kappa shape index (κ1) is 16.9. The van der Waals surface area contributed by atoms with Crippen LogP contribution in [0.4, 0.5) is 19.0 Å². The van der Waals surface area contributed by atoms with Crippen LogP contribution in [0.15, 0.2) is 24.4 Å². The van der Waals surface area contributed by atoms with Gasteiger partial charge in [-0.25, -0.2) is 4.98 Å². The number of aromatic amines is 1. The number of aromatic nitrogens is 3. The molecule has 0 atom stereocenters. The van der Waals surface area contributed by atoms with Crippen LogP contribution in [0.3, 0.4) is 0 Å². The van der Waals surface area contributed by atoms with Crippen LogP contribution in [0.25, 0.3) is 0 Å². The van der Waals surface area contributed by atoms with Crippen molar-refractivity contribution in [2.45, 2.75) is 24.9 Å². The first-order valence-corrected chi connectivity index (χ1v) is 8.54. The smallest absolute Gasteiger partial charge is 0.353 e. The van der Waals surface area contributed by atoms with E-state index < -0.39 is 11.7 Å². The summed E-state index contributed by atoms with van der Waals surface area (Å²) in [5.74, 6) is 0.876. The van der Waals surface area contributed by atoms with Gasteiger partial charge in [-0.1, -0.05) is 0 Å². The van der Waals surface area contributed by atoms with E-state index in [0.717, 1.165) is 30.8 Å². The fraction of sp³-hybridized carbons (Fsp3) is 0.471. The lowest BCUT2D eigenvalue weighted by molar-refractivity contribution is -0.137. The number of piperazine rings is 1. The number of rotatable bonds is 3. The van der Waals surface area contributed by atoms with Crippen LogP contribution >= 0.6 is 0 Å². The van der Waals surface area contributed by atoms with Crippen molar-refractivity contribution in [3.63, 3.8) is 0 Å². The fourth-order valence-corrected chi connectivity index (χ4v) is 3.09. The SMILES string of the molecule is O=C(c1cc(C2CC2)[nH]n1)N1CCN(c2ccc(C(F)(F)F)cn2)CC1. The van der Waals surface area contributed by atoms with E-state index in [0.29, 0.717) is 43.6 Å². The van der Waals surface area contributed by atoms with Gasteiger partial charge in [0.2, 0.25) is 0 Å². The Morgan fingerprint density at radius 2 is 1.88 bits per heavy atom. The van der Waals surface area contributed by atoms with Crippen molar-refractivity contribution in [2.24, 2.45) is 0 Å². The molecular weight excluding hydrogens is 347 g/mol. The predicted octanol–water partition coefficient (Wildman–Crippen LogP) is 2.66. The summed E-state index contributed by atoms with van der Waals surface area (Å²) in [4.78, 5) is 20.0. The Hall–Kier alpha value is -2.58. The van der Waals surface area contributed by atoms with Gasteiger partial charge in [0.1, 0.15) is 11.5 Å². The summed E-state index contributed by atoms with van der Waals surface area (Å²) in [5, 5.41) is 7.04. The number of hydrogen-bond donors (Lipinski definition) is 1. The van der Waals surface area contributed by atoms with Crippen molar-refractivity contribution in [1.82, 2.24) is 20.1 Å². The lowest BCUT2D eigenvalue weighted by Gasteiger charge is -2.35. The first-order chi connectivity index (χ1) is 12.4. The molecule has 6 nitrogen and oxygen atoms in total. The van der Waals surface area contributed by atoms with E-state index in [-0.39, 0.29) is 5.91 Å². The molecule has 2 aromatic rings. The largest absolute Gasteiger partial charge is 0.417 e. The summed E-state index contributed by atoms with van der Waals surface area (Å²) in [5.41, 5.74) is 0.675. The Labute approximate surface area is 148 Å². The van der Waals surface area contributed by atoms with Crippen LogP contribution in [0.1, 0.15) is 40.5 Å². The average molecular weight is 365 g/mol. The van der Waals surface area contributed by atoms with E-state index in [1.54, 1.807) is 4.90 Å². The molecule has 0 aromatic carbocycles. The number of halogens is 3. The predicted molar refractivity (Wildman–Crippen MR) is 87.9 cm³/mol. The number of amides is 1. The topological polar surface area (TPSA) is 65.1 Å². The maximum atomic E-state index is 12.6. The van der Waals surface area contributed by atoms with E-state index in [1.165, 1.54) is 6.07 Å². The number of anilines is 1. The molecule has 0 bridgehead atoms. The molecule has 0 spiro atoms. The number of nitrogens with zero attached hydrogens (tertiary/aromatic N) is 4. The van der Waals surface area contributed by atoms with Crippen molar-refractivity contribution in [3.8, 4) is 0 Å². The normalized spacial score (nSPS) is 18.3. The minimum Gasteiger partial charge on any atom is -0.353 e. The second-order valence-electron chi connectivity index (χ2n) is 6.66. The third kappa shape index (κ3) is 3.38. The third-order valence-electron chi connectivity index (χ3n) is 4.80. The Morgan fingerprint density at radius 1 is 1.15 bits per heavy atom. The first-order valence-electron chi connectivity index (χ1n) is 8.54. The van der Waals surface area contributed by atoms with Crippen LogP contribution in [0.5, 0.6) is 0 Å². The van der Waals surface area contributed by atoms with Crippen LogP contribution in [-0.2, 0) is 6.18 Å². The average Bonchev–Trinajstić information content (AvgIpc) is 3.38. The van der Waals surface area contributed by atoms with Gasteiger partial charge in [-0.15, -0.1) is 0 Å². The quantitative estimate of drug-likeness (QED) is 0.908. The molecule has 1 saturated heterocycles. The number of nitrogens with one attached hydrogen (secondary N) is 1. The molecule has 2 aromatic heterocycles. The lowest BCUT2D eigenvalue weighted by Crippen LogP contribution is -2.49. The standard InChI is InChI=1S/C17H18F3N5O/c18-17(19,20)12-3-4-15(21-10-12)24-5-7-25(8-6-24)16(26)14-9-13(22-23-14)11-1-2-11/h3-4,9-11H,1-2,5-8H2,(H,22,23). The third-order valence-corrected chi connectivity index (χ3v) is 4.80. The number of carbonyl (C=O) groups excluding carboxylic acids is 1. The van der Waals surface area contributed by atoms with E-state index in [9.17, 15) is 18.0 Å². The van der Waals surface area contributed by atoms with Crippen molar-refractivity contribution in [3.05, 3.63) is 41.3 Å². The Bertz CT molecular complexity index is 789. The Kier molecular flexibility index (Phi) is 4.08. The van der Waals surface area contributed by atoms with Crippen molar-refractivity contribution in [1.29, 1.82) is 0 Å². The molecule has 26 heavy (non-hydrogen) atoms. The number of hydrogen-bond acceptors (Lipinski definition) is 4. The maximum Gasteiger partial charge on any atom is 0.417 e. The van der Waals surface area contributed by atoms with Gasteiger partial charge >= 0.3 is 6.18 Å². The van der Waals surface area contributed by atoms with Crippen LogP contribution in [-0.4, -0.2) is 52.2 Å². The summed E-state index contributed by atoms with van der Waals surface area (Å²) in [7, 11) is 0. The minimum atomic E-state index is -4.39. The molecule has 3 heterocycles. The van der Waals surface area contributed by atoms with Crippen LogP contribution < -0.4 is 4.90 Å². The molecule has 0 radical (unpaired) electrons. The molecule has 1 amide bonds. The van der Waals surface area contributed by atoms with E-state index in [1.807, 2.05) is 11.0 Å². The lowest BCUT2D eigenvalue weighted by atomic mass is 10.2. The van der Waals surface area contributed by atoms with Gasteiger partial charge in [0, 0.05) is 44.0 Å². The van der Waals surface area contributed by atoms with E-state index in [2.05, 4.69) is 15.2 Å².